The van der Waals surface area contributed by atoms with E-state index in [0.29, 0.717) is 5.78 Å². The van der Waals surface area contributed by atoms with Gasteiger partial charge in [0.25, 0.3) is 0 Å². The zero-order chi connectivity index (χ0) is 9.97. The van der Waals surface area contributed by atoms with Gasteiger partial charge < -0.3 is 4.90 Å². The summed E-state index contributed by atoms with van der Waals surface area (Å²) in [6.45, 7) is 0. The molecule has 1 aromatic carbocycles. The Bertz CT molecular complexity index is 320. The van der Waals surface area contributed by atoms with Crippen LogP contribution in [-0.4, -0.2) is 18.9 Å². The van der Waals surface area contributed by atoms with Crippen molar-refractivity contribution in [3.63, 3.8) is 0 Å². The van der Waals surface area contributed by atoms with Gasteiger partial charge in [-0.25, -0.2) is 0 Å². The average Bonchev–Trinajstić information content (AvgIpc) is 2.65. The number of likely N-dealkylation sites (N-methyl/N-ethyl adjacent to an activating group) is 1. The van der Waals surface area contributed by atoms with Gasteiger partial charge in [-0.2, -0.15) is 0 Å². The fourth-order valence-corrected chi connectivity index (χ4v) is 2.05. The van der Waals surface area contributed by atoms with Crippen LogP contribution in [0.5, 0.6) is 0 Å². The molecule has 0 bridgehead atoms. The molecular formula is C12H15NO. The molecule has 0 N–H and O–H groups in total. The molecule has 1 aromatic rings. The highest BCUT2D eigenvalue weighted by molar-refractivity contribution is 5.88. The Hall–Kier alpha value is -1.31. The fraction of sp³-hybridized carbons (Fsp3) is 0.417. The third-order valence-corrected chi connectivity index (χ3v) is 2.90. The van der Waals surface area contributed by atoms with Gasteiger partial charge in [-0.3, -0.25) is 4.79 Å². The van der Waals surface area contributed by atoms with Crippen LogP contribution in [0.3, 0.4) is 0 Å². The van der Waals surface area contributed by atoms with Crippen molar-refractivity contribution in [3.05, 3.63) is 30.3 Å². The summed E-state index contributed by atoms with van der Waals surface area (Å²) in [6.07, 6.45) is 2.80. The molecule has 2 heteroatoms. The van der Waals surface area contributed by atoms with Gasteiger partial charge in [0.05, 0.1) is 6.04 Å². The molecule has 0 amide bonds. The lowest BCUT2D eigenvalue weighted by atomic mass is 10.2. The van der Waals surface area contributed by atoms with Crippen molar-refractivity contribution >= 4 is 11.5 Å². The van der Waals surface area contributed by atoms with Gasteiger partial charge in [0.2, 0.25) is 0 Å². The molecule has 0 aliphatic heterocycles. The maximum absolute atomic E-state index is 11.5. The van der Waals surface area contributed by atoms with Crippen LogP contribution in [0.4, 0.5) is 5.69 Å². The summed E-state index contributed by atoms with van der Waals surface area (Å²) in [7, 11) is 2.00. The van der Waals surface area contributed by atoms with E-state index in [1.54, 1.807) is 0 Å². The monoisotopic (exact) mass is 189 g/mol. The van der Waals surface area contributed by atoms with Crippen molar-refractivity contribution in [1.82, 2.24) is 0 Å². The normalized spacial score (nSPS) is 21.2. The second-order valence-electron chi connectivity index (χ2n) is 3.82. The molecule has 1 fully saturated rings. The molecule has 1 atom stereocenters. The van der Waals surface area contributed by atoms with Gasteiger partial charge in [-0.05, 0) is 25.0 Å². The minimum Gasteiger partial charge on any atom is -0.365 e. The molecule has 1 aliphatic rings. The van der Waals surface area contributed by atoms with E-state index in [1.165, 1.54) is 0 Å². The summed E-state index contributed by atoms with van der Waals surface area (Å²) >= 11 is 0. The van der Waals surface area contributed by atoms with Gasteiger partial charge in [0, 0.05) is 19.2 Å². The summed E-state index contributed by atoms with van der Waals surface area (Å²) in [5.74, 6) is 0.386. The van der Waals surface area contributed by atoms with E-state index in [9.17, 15) is 4.79 Å². The lowest BCUT2D eigenvalue weighted by molar-refractivity contribution is -0.118. The van der Waals surface area contributed by atoms with E-state index >= 15 is 0 Å². The molecule has 2 rings (SSSR count). The summed E-state index contributed by atoms with van der Waals surface area (Å²) in [6, 6.07) is 10.2. The number of hydrogen-bond donors (Lipinski definition) is 0. The number of hydrogen-bond acceptors (Lipinski definition) is 2. The number of nitrogens with zero attached hydrogens (tertiary/aromatic N) is 1. The van der Waals surface area contributed by atoms with E-state index < -0.39 is 0 Å². The molecule has 14 heavy (non-hydrogen) atoms. The first-order valence-electron chi connectivity index (χ1n) is 5.09. The van der Waals surface area contributed by atoms with E-state index in [0.717, 1.165) is 24.9 Å². The maximum atomic E-state index is 11.5. The van der Waals surface area contributed by atoms with Crippen molar-refractivity contribution in [3.8, 4) is 0 Å². The predicted octanol–water partition coefficient (Wildman–Crippen LogP) is 2.24. The molecule has 0 aromatic heterocycles. The first-order valence-corrected chi connectivity index (χ1v) is 5.09. The molecule has 1 saturated carbocycles. The van der Waals surface area contributed by atoms with Crippen molar-refractivity contribution < 1.29 is 4.79 Å². The van der Waals surface area contributed by atoms with Gasteiger partial charge in [-0.15, -0.1) is 0 Å². The van der Waals surface area contributed by atoms with Crippen LogP contribution in [0, 0.1) is 0 Å². The highest BCUT2D eigenvalue weighted by Crippen LogP contribution is 2.23. The minimum atomic E-state index is 0.109. The van der Waals surface area contributed by atoms with Crippen LogP contribution in [0.15, 0.2) is 30.3 Å². The van der Waals surface area contributed by atoms with Gasteiger partial charge in [-0.1, -0.05) is 18.2 Å². The SMILES string of the molecule is CN(c1ccccc1)C1CCCC1=O. The zero-order valence-electron chi connectivity index (χ0n) is 8.44. The number of para-hydroxylation sites is 1. The highest BCUT2D eigenvalue weighted by Gasteiger charge is 2.27. The van der Waals surface area contributed by atoms with Crippen LogP contribution < -0.4 is 4.90 Å². The van der Waals surface area contributed by atoms with E-state index in [4.69, 9.17) is 0 Å². The number of rotatable bonds is 2. The van der Waals surface area contributed by atoms with E-state index in [2.05, 4.69) is 4.90 Å². The third kappa shape index (κ3) is 1.65. The molecule has 1 unspecified atom stereocenters. The molecular weight excluding hydrogens is 174 g/mol. The number of Topliss-reactive ketones (excluding diaryl/α,β-unsaturated/α-hetero) is 1. The molecule has 1 aliphatic carbocycles. The largest absolute Gasteiger partial charge is 0.365 e. The molecule has 0 radical (unpaired) electrons. The molecule has 0 saturated heterocycles. The topological polar surface area (TPSA) is 20.3 Å². The Balaban J connectivity index is 2.16. The molecule has 2 nitrogen and oxygen atoms in total. The Kier molecular flexibility index (Phi) is 2.53. The Morgan fingerprint density at radius 2 is 2.00 bits per heavy atom. The van der Waals surface area contributed by atoms with E-state index in [1.807, 2.05) is 37.4 Å². The van der Waals surface area contributed by atoms with Crippen LogP contribution in [-0.2, 0) is 4.79 Å². The summed E-state index contributed by atoms with van der Waals surface area (Å²) in [5.41, 5.74) is 1.13. The van der Waals surface area contributed by atoms with Crippen molar-refractivity contribution in [2.24, 2.45) is 0 Å². The molecule has 0 heterocycles. The fourth-order valence-electron chi connectivity index (χ4n) is 2.05. The third-order valence-electron chi connectivity index (χ3n) is 2.90. The Morgan fingerprint density at radius 1 is 1.29 bits per heavy atom. The Morgan fingerprint density at radius 3 is 2.57 bits per heavy atom. The average molecular weight is 189 g/mol. The lowest BCUT2D eigenvalue weighted by Gasteiger charge is -2.25. The zero-order valence-corrected chi connectivity index (χ0v) is 8.44. The standard InChI is InChI=1S/C12H15NO/c1-13(10-6-3-2-4-7-10)11-8-5-9-12(11)14/h2-4,6-7,11H,5,8-9H2,1H3. The predicted molar refractivity (Wildman–Crippen MR) is 57.5 cm³/mol. The smallest absolute Gasteiger partial charge is 0.155 e. The number of benzene rings is 1. The first-order chi connectivity index (χ1) is 6.79. The summed E-state index contributed by atoms with van der Waals surface area (Å²) < 4.78 is 0. The number of carbonyl (C=O) groups is 1. The highest BCUT2D eigenvalue weighted by atomic mass is 16.1. The maximum Gasteiger partial charge on any atom is 0.155 e. The Labute approximate surface area is 84.5 Å². The van der Waals surface area contributed by atoms with Crippen LogP contribution in [0.2, 0.25) is 0 Å². The van der Waals surface area contributed by atoms with Crippen LogP contribution in [0.25, 0.3) is 0 Å². The van der Waals surface area contributed by atoms with Crippen LogP contribution >= 0.6 is 0 Å². The van der Waals surface area contributed by atoms with Crippen molar-refractivity contribution in [1.29, 1.82) is 0 Å². The number of ketones is 1. The van der Waals surface area contributed by atoms with Crippen molar-refractivity contribution in [2.45, 2.75) is 25.3 Å². The quantitative estimate of drug-likeness (QED) is 0.711. The van der Waals surface area contributed by atoms with Gasteiger partial charge in [0.15, 0.2) is 5.78 Å². The van der Waals surface area contributed by atoms with E-state index in [-0.39, 0.29) is 6.04 Å². The molecule has 74 valence electrons. The lowest BCUT2D eigenvalue weighted by Crippen LogP contribution is -2.34. The molecule has 0 spiro atoms. The summed E-state index contributed by atoms with van der Waals surface area (Å²) in [4.78, 5) is 13.6. The second kappa shape index (κ2) is 3.82. The number of anilines is 1. The van der Waals surface area contributed by atoms with Crippen molar-refractivity contribution in [2.75, 3.05) is 11.9 Å². The van der Waals surface area contributed by atoms with Gasteiger partial charge in [0.1, 0.15) is 0 Å². The number of carbonyl (C=O) groups excluding carboxylic acids is 1. The van der Waals surface area contributed by atoms with Gasteiger partial charge >= 0.3 is 0 Å². The van der Waals surface area contributed by atoms with Crippen LogP contribution in [0.1, 0.15) is 19.3 Å². The summed E-state index contributed by atoms with van der Waals surface area (Å²) in [5, 5.41) is 0. The minimum absolute atomic E-state index is 0.109. The second-order valence-corrected chi connectivity index (χ2v) is 3.82. The first kappa shape index (κ1) is 9.25.